The molecule has 2 aromatic rings. The molecule has 0 unspecified atom stereocenters. The topological polar surface area (TPSA) is 51.5 Å². The molecular weight excluding hydrogens is 511 g/mol. The number of hydrogen-bond acceptors (Lipinski definition) is 4. The van der Waals surface area contributed by atoms with Gasteiger partial charge in [-0.3, -0.25) is 0 Å². The van der Waals surface area contributed by atoms with E-state index in [9.17, 15) is 0 Å². The van der Waals surface area contributed by atoms with Gasteiger partial charge < -0.3 is 12.3 Å². The highest BCUT2D eigenvalue weighted by atomic mass is 28.5. The molecule has 0 aromatic heterocycles. The highest BCUT2D eigenvalue weighted by Crippen LogP contribution is 2.28. The van der Waals surface area contributed by atoms with Gasteiger partial charge in [-0.2, -0.15) is 5.26 Å². The van der Waals surface area contributed by atoms with E-state index in [0.29, 0.717) is 5.56 Å². The van der Waals surface area contributed by atoms with Crippen LogP contribution in [0, 0.1) is 11.3 Å². The Kier molecular flexibility index (Phi) is 11.1. The van der Waals surface area contributed by atoms with Crippen LogP contribution in [0.1, 0.15) is 43.7 Å². The Bertz CT molecular complexity index is 997. The van der Waals surface area contributed by atoms with Crippen molar-refractivity contribution in [3.8, 4) is 17.2 Å². The largest absolute Gasteiger partial charge is 0.436 e. The molecule has 0 spiro atoms. The lowest BCUT2D eigenvalue weighted by Crippen LogP contribution is -2.56. The lowest BCUT2D eigenvalue weighted by atomic mass is 10.0. The van der Waals surface area contributed by atoms with E-state index in [1.165, 1.54) is 37.3 Å². The average molecular weight is 558 g/mol. The normalized spacial score (nSPS) is 13.0. The summed E-state index contributed by atoms with van der Waals surface area (Å²) in [6, 6.07) is 20.8. The third kappa shape index (κ3) is 11.0. The van der Waals surface area contributed by atoms with Gasteiger partial charge in [0.2, 0.25) is 0 Å². The summed E-state index contributed by atoms with van der Waals surface area (Å²) in [7, 11) is -8.38. The number of nitriles is 1. The van der Waals surface area contributed by atoms with Crippen molar-refractivity contribution in [3.05, 3.63) is 59.7 Å². The van der Waals surface area contributed by atoms with E-state index in [2.05, 4.69) is 89.6 Å². The maximum absolute atomic E-state index is 9.02. The van der Waals surface area contributed by atoms with Crippen LogP contribution in [-0.4, -0.2) is 33.8 Å². The molecule has 36 heavy (non-hydrogen) atoms. The van der Waals surface area contributed by atoms with Crippen molar-refractivity contribution in [1.82, 2.24) is 0 Å². The molecule has 0 aliphatic rings. The van der Waals surface area contributed by atoms with Crippen LogP contribution in [0.15, 0.2) is 48.5 Å². The first-order chi connectivity index (χ1) is 16.7. The fourth-order valence-electron chi connectivity index (χ4n) is 5.07. The molecule has 0 amide bonds. The van der Waals surface area contributed by atoms with Gasteiger partial charge in [-0.25, -0.2) is 0 Å². The summed E-state index contributed by atoms with van der Waals surface area (Å²) >= 11 is 0. The van der Waals surface area contributed by atoms with Gasteiger partial charge >= 0.3 is 17.1 Å². The third-order valence-electron chi connectivity index (χ3n) is 6.10. The number of unbranched alkanes of at least 4 members (excludes halogenated alkanes) is 3. The van der Waals surface area contributed by atoms with Crippen LogP contribution in [-0.2, 0) is 18.4 Å². The van der Waals surface area contributed by atoms with Gasteiger partial charge in [0.05, 0.1) is 11.6 Å². The molecule has 0 saturated heterocycles. The number of nitrogens with zero attached hydrogens (tertiary/aromatic N) is 1. The molecule has 0 atom stereocenters. The summed E-state index contributed by atoms with van der Waals surface area (Å²) in [4.78, 5) is 0. The summed E-state index contributed by atoms with van der Waals surface area (Å²) in [5, 5.41) is 9.02. The van der Waals surface area contributed by atoms with Crippen LogP contribution in [0.3, 0.4) is 0 Å². The molecule has 0 N–H and O–H groups in total. The van der Waals surface area contributed by atoms with Gasteiger partial charge in [-0.05, 0) is 93.3 Å². The predicted molar refractivity (Wildman–Crippen MR) is 162 cm³/mol. The second kappa shape index (κ2) is 13.0. The molecule has 0 radical (unpaired) electrons. The zero-order valence-corrected chi connectivity index (χ0v) is 28.0. The van der Waals surface area contributed by atoms with Gasteiger partial charge in [-0.15, -0.1) is 0 Å². The maximum atomic E-state index is 9.02. The van der Waals surface area contributed by atoms with Crippen molar-refractivity contribution in [2.45, 2.75) is 97.1 Å². The van der Waals surface area contributed by atoms with Crippen LogP contribution < -0.4 is 0 Å². The van der Waals surface area contributed by atoms with Crippen LogP contribution in [0.2, 0.25) is 58.4 Å². The quantitative estimate of drug-likeness (QED) is 0.172. The SMILES string of the molecule is CCCCCC[Si](C)(C)O[Si](C)(C)O[Si](C)(C)O[Si](C)(C)Cc1ccc(-c2ccc(C#N)cc2)cc1. The molecule has 0 aliphatic heterocycles. The molecule has 198 valence electrons. The van der Waals surface area contributed by atoms with Gasteiger partial charge in [0.1, 0.15) is 0 Å². The van der Waals surface area contributed by atoms with Crippen LogP contribution in [0.4, 0.5) is 0 Å². The van der Waals surface area contributed by atoms with Crippen molar-refractivity contribution in [1.29, 1.82) is 5.26 Å². The van der Waals surface area contributed by atoms with E-state index >= 15 is 0 Å². The number of hydrogen-bond donors (Lipinski definition) is 0. The maximum Gasteiger partial charge on any atom is 0.312 e. The Morgan fingerprint density at radius 2 is 1.14 bits per heavy atom. The van der Waals surface area contributed by atoms with Crippen LogP contribution in [0.5, 0.6) is 0 Å². The third-order valence-corrected chi connectivity index (χ3v) is 21.2. The minimum atomic E-state index is -2.35. The molecule has 2 aromatic carbocycles. The molecule has 4 nitrogen and oxygen atoms in total. The smallest absolute Gasteiger partial charge is 0.312 e. The first-order valence-corrected chi connectivity index (χ1v) is 25.2. The van der Waals surface area contributed by atoms with E-state index in [4.69, 9.17) is 17.6 Å². The molecule has 0 heterocycles. The molecule has 8 heteroatoms. The van der Waals surface area contributed by atoms with Gasteiger partial charge in [0, 0.05) is 0 Å². The minimum absolute atomic E-state index is 0.684. The van der Waals surface area contributed by atoms with Crippen molar-refractivity contribution in [2.75, 3.05) is 0 Å². The molecular formula is C28H47NO3Si4. The Morgan fingerprint density at radius 1 is 0.639 bits per heavy atom. The lowest BCUT2D eigenvalue weighted by Gasteiger charge is -2.41. The highest BCUT2D eigenvalue weighted by molar-refractivity contribution is 6.89. The Morgan fingerprint density at radius 3 is 1.64 bits per heavy atom. The summed E-state index contributed by atoms with van der Waals surface area (Å²) in [5.41, 5.74) is 4.26. The molecule has 0 fully saturated rings. The van der Waals surface area contributed by atoms with E-state index < -0.39 is 33.8 Å². The van der Waals surface area contributed by atoms with Crippen molar-refractivity contribution in [3.63, 3.8) is 0 Å². The minimum Gasteiger partial charge on any atom is -0.436 e. The Hall–Kier alpha value is -1.32. The zero-order chi connectivity index (χ0) is 27.0. The zero-order valence-electron chi connectivity index (χ0n) is 24.0. The molecule has 0 saturated carbocycles. The summed E-state index contributed by atoms with van der Waals surface area (Å²) in [6.07, 6.45) is 5.15. The lowest BCUT2D eigenvalue weighted by molar-refractivity contribution is 0.327. The first-order valence-electron chi connectivity index (χ1n) is 13.4. The van der Waals surface area contributed by atoms with Crippen LogP contribution >= 0.6 is 0 Å². The van der Waals surface area contributed by atoms with Crippen LogP contribution in [0.25, 0.3) is 11.1 Å². The Labute approximate surface area is 224 Å². The van der Waals surface area contributed by atoms with Crippen molar-refractivity contribution < 1.29 is 12.3 Å². The van der Waals surface area contributed by atoms with Gasteiger partial charge in [0.15, 0.2) is 16.6 Å². The van der Waals surface area contributed by atoms with Gasteiger partial charge in [-0.1, -0.05) is 69.0 Å². The summed E-state index contributed by atoms with van der Waals surface area (Å²) in [5.74, 6) is 0. The monoisotopic (exact) mass is 557 g/mol. The Balaban J connectivity index is 1.97. The molecule has 0 aliphatic carbocycles. The highest BCUT2D eigenvalue weighted by Gasteiger charge is 2.43. The fraction of sp³-hybridized carbons (Fsp3) is 0.536. The standard InChI is InChI=1S/C28H47NO3Si4/c1-10-11-12-13-22-33(2,3)30-35(6,7)32-36(8,9)31-34(4,5)24-26-16-20-28(21-17-26)27-18-14-25(23-29)15-19-27/h14-21H,10-13,22,24H2,1-9H3. The van der Waals surface area contributed by atoms with Crippen molar-refractivity contribution >= 4 is 33.8 Å². The fourth-order valence-corrected chi connectivity index (χ4v) is 24.6. The predicted octanol–water partition coefficient (Wildman–Crippen LogP) is 8.75. The number of benzene rings is 2. The molecule has 2 rings (SSSR count). The summed E-state index contributed by atoms with van der Waals surface area (Å²) in [6.45, 7) is 20.3. The summed E-state index contributed by atoms with van der Waals surface area (Å²) < 4.78 is 20.3. The van der Waals surface area contributed by atoms with E-state index in [1.807, 2.05) is 24.3 Å². The van der Waals surface area contributed by atoms with E-state index in [1.54, 1.807) is 0 Å². The van der Waals surface area contributed by atoms with E-state index in [-0.39, 0.29) is 0 Å². The van der Waals surface area contributed by atoms with Crippen molar-refractivity contribution in [2.24, 2.45) is 0 Å². The number of rotatable bonds is 14. The average Bonchev–Trinajstić information content (AvgIpc) is 2.74. The second-order valence-electron chi connectivity index (χ2n) is 12.0. The molecule has 0 bridgehead atoms. The van der Waals surface area contributed by atoms with Gasteiger partial charge in [0.25, 0.3) is 0 Å². The van der Waals surface area contributed by atoms with E-state index in [0.717, 1.165) is 17.2 Å². The second-order valence-corrected chi connectivity index (χ2v) is 27.9. The first kappa shape index (κ1) is 30.9.